The fourth-order valence-electron chi connectivity index (χ4n) is 2.25. The van der Waals surface area contributed by atoms with Crippen LogP contribution in [0.3, 0.4) is 0 Å². The zero-order chi connectivity index (χ0) is 14.3. The lowest BCUT2D eigenvalue weighted by Gasteiger charge is -2.12. The van der Waals surface area contributed by atoms with E-state index in [2.05, 4.69) is 0 Å². The fraction of sp³-hybridized carbons (Fsp3) is 0.357. The van der Waals surface area contributed by atoms with E-state index in [1.807, 2.05) is 6.07 Å². The molecular formula is C14H15NO4S. The summed E-state index contributed by atoms with van der Waals surface area (Å²) in [6, 6.07) is 5.14. The van der Waals surface area contributed by atoms with Crippen LogP contribution >= 0.6 is 11.3 Å². The number of carbonyl (C=O) groups is 1. The highest BCUT2D eigenvalue weighted by atomic mass is 32.1. The Labute approximate surface area is 119 Å². The molecule has 3 rings (SSSR count). The number of aliphatic carboxylic acids is 1. The number of hydrogen-bond donors (Lipinski definition) is 3. The minimum Gasteiger partial charge on any atom is -0.508 e. The van der Waals surface area contributed by atoms with E-state index in [1.165, 1.54) is 11.3 Å². The summed E-state index contributed by atoms with van der Waals surface area (Å²) in [5.41, 5.74) is 6.89. The van der Waals surface area contributed by atoms with Crippen LogP contribution in [0.5, 0.6) is 10.8 Å². The van der Waals surface area contributed by atoms with Gasteiger partial charge in [-0.25, -0.2) is 4.79 Å². The van der Waals surface area contributed by atoms with Crippen LogP contribution in [0, 0.1) is 5.92 Å². The SMILES string of the molecule is NC(c1cc2sc(OCC(=O)O)cc2cc1O)C1CC1. The average molecular weight is 293 g/mol. The van der Waals surface area contributed by atoms with Crippen molar-refractivity contribution in [3.05, 3.63) is 23.8 Å². The topological polar surface area (TPSA) is 92.8 Å². The molecule has 4 N–H and O–H groups in total. The Bertz CT molecular complexity index is 662. The third-order valence-electron chi connectivity index (χ3n) is 3.47. The van der Waals surface area contributed by atoms with E-state index in [0.717, 1.165) is 28.5 Å². The molecule has 5 nitrogen and oxygen atoms in total. The van der Waals surface area contributed by atoms with Crippen LogP contribution in [-0.2, 0) is 4.79 Å². The molecule has 0 radical (unpaired) electrons. The van der Waals surface area contributed by atoms with Gasteiger partial charge in [-0.3, -0.25) is 0 Å². The van der Waals surface area contributed by atoms with Gasteiger partial charge in [-0.05, 0) is 42.3 Å². The number of ether oxygens (including phenoxy) is 1. The Hall–Kier alpha value is -1.79. The van der Waals surface area contributed by atoms with Crippen LogP contribution in [0.25, 0.3) is 10.1 Å². The number of carboxylic acid groups (broad SMARTS) is 1. The van der Waals surface area contributed by atoms with Crippen molar-refractivity contribution in [3.8, 4) is 10.8 Å². The summed E-state index contributed by atoms with van der Waals surface area (Å²) >= 11 is 1.36. The largest absolute Gasteiger partial charge is 0.508 e. The van der Waals surface area contributed by atoms with Gasteiger partial charge in [0, 0.05) is 16.3 Å². The van der Waals surface area contributed by atoms with Crippen molar-refractivity contribution >= 4 is 27.4 Å². The van der Waals surface area contributed by atoms with E-state index in [1.54, 1.807) is 12.1 Å². The molecule has 1 aromatic carbocycles. The van der Waals surface area contributed by atoms with E-state index in [4.69, 9.17) is 15.6 Å². The van der Waals surface area contributed by atoms with E-state index in [0.29, 0.717) is 11.0 Å². The van der Waals surface area contributed by atoms with Gasteiger partial charge in [-0.1, -0.05) is 11.3 Å². The second-order valence-corrected chi connectivity index (χ2v) is 6.11. The highest BCUT2D eigenvalue weighted by Gasteiger charge is 2.31. The summed E-state index contributed by atoms with van der Waals surface area (Å²) in [4.78, 5) is 10.5. The van der Waals surface area contributed by atoms with Crippen molar-refractivity contribution in [2.45, 2.75) is 18.9 Å². The zero-order valence-corrected chi connectivity index (χ0v) is 11.5. The van der Waals surface area contributed by atoms with Crippen molar-refractivity contribution in [2.75, 3.05) is 6.61 Å². The number of benzene rings is 1. The van der Waals surface area contributed by atoms with Crippen molar-refractivity contribution < 1.29 is 19.7 Å². The molecule has 0 saturated heterocycles. The summed E-state index contributed by atoms with van der Waals surface area (Å²) in [7, 11) is 0. The minimum atomic E-state index is -1.01. The smallest absolute Gasteiger partial charge is 0.341 e. The maximum Gasteiger partial charge on any atom is 0.341 e. The van der Waals surface area contributed by atoms with Gasteiger partial charge in [0.05, 0.1) is 0 Å². The molecule has 0 bridgehead atoms. The molecule has 0 aliphatic heterocycles. The number of fused-ring (bicyclic) bond motifs is 1. The molecule has 20 heavy (non-hydrogen) atoms. The Morgan fingerprint density at radius 1 is 1.45 bits per heavy atom. The molecule has 0 spiro atoms. The first kappa shape index (κ1) is 13.2. The molecule has 2 aromatic rings. The fourth-order valence-corrected chi connectivity index (χ4v) is 3.19. The van der Waals surface area contributed by atoms with Crippen molar-refractivity contribution in [1.82, 2.24) is 0 Å². The van der Waals surface area contributed by atoms with Gasteiger partial charge in [-0.2, -0.15) is 0 Å². The molecule has 6 heteroatoms. The number of thiophene rings is 1. The minimum absolute atomic E-state index is 0.134. The van der Waals surface area contributed by atoms with Gasteiger partial charge in [0.25, 0.3) is 0 Å². The summed E-state index contributed by atoms with van der Waals surface area (Å²) in [6.45, 7) is -0.368. The van der Waals surface area contributed by atoms with Gasteiger partial charge in [-0.15, -0.1) is 0 Å². The standard InChI is InChI=1S/C14H15NO4S/c15-14(7-1-2-7)9-5-11-8(3-10(9)16)4-13(20-11)19-6-12(17)18/h3-5,7,14,16H,1-2,6,15H2,(H,17,18). The Kier molecular flexibility index (Phi) is 3.27. The third kappa shape index (κ3) is 2.57. The van der Waals surface area contributed by atoms with Gasteiger partial charge in [0.2, 0.25) is 0 Å². The molecule has 1 aliphatic rings. The van der Waals surface area contributed by atoms with E-state index >= 15 is 0 Å². The van der Waals surface area contributed by atoms with Gasteiger partial charge in [0.15, 0.2) is 11.7 Å². The number of aromatic hydroxyl groups is 1. The monoisotopic (exact) mass is 293 g/mol. The molecule has 106 valence electrons. The van der Waals surface area contributed by atoms with Crippen LogP contribution < -0.4 is 10.5 Å². The number of phenolic OH excluding ortho intramolecular Hbond substituents is 1. The molecule has 1 unspecified atom stereocenters. The normalized spacial score (nSPS) is 16.2. The Morgan fingerprint density at radius 3 is 2.85 bits per heavy atom. The third-order valence-corrected chi connectivity index (χ3v) is 4.48. The summed E-state index contributed by atoms with van der Waals surface area (Å²) < 4.78 is 6.10. The molecule has 1 saturated carbocycles. The lowest BCUT2D eigenvalue weighted by atomic mass is 10.0. The summed E-state index contributed by atoms with van der Waals surface area (Å²) in [5, 5.41) is 20.0. The molecule has 1 aromatic heterocycles. The lowest BCUT2D eigenvalue weighted by molar-refractivity contribution is -0.139. The second kappa shape index (κ2) is 4.96. The molecule has 1 fully saturated rings. The summed E-state index contributed by atoms with van der Waals surface area (Å²) in [5.74, 6) is -0.359. The highest BCUT2D eigenvalue weighted by Crippen LogP contribution is 2.44. The van der Waals surface area contributed by atoms with Gasteiger partial charge < -0.3 is 20.7 Å². The molecule has 0 amide bonds. The van der Waals surface area contributed by atoms with Crippen LogP contribution in [0.4, 0.5) is 0 Å². The average Bonchev–Trinajstić information content (AvgIpc) is 3.16. The maximum absolute atomic E-state index is 10.5. The van der Waals surface area contributed by atoms with Crippen molar-refractivity contribution in [1.29, 1.82) is 0 Å². The summed E-state index contributed by atoms with van der Waals surface area (Å²) in [6.07, 6.45) is 2.21. The highest BCUT2D eigenvalue weighted by molar-refractivity contribution is 7.20. The van der Waals surface area contributed by atoms with Crippen LogP contribution in [0.15, 0.2) is 18.2 Å². The zero-order valence-electron chi connectivity index (χ0n) is 10.7. The first-order valence-electron chi connectivity index (χ1n) is 6.41. The second-order valence-electron chi connectivity index (χ2n) is 5.06. The van der Waals surface area contributed by atoms with E-state index in [-0.39, 0.29) is 18.4 Å². The number of carboxylic acids is 1. The molecular weight excluding hydrogens is 278 g/mol. The Balaban J connectivity index is 1.91. The van der Waals surface area contributed by atoms with Gasteiger partial charge in [0.1, 0.15) is 5.75 Å². The predicted molar refractivity (Wildman–Crippen MR) is 76.3 cm³/mol. The number of nitrogens with two attached hydrogens (primary N) is 1. The number of hydrogen-bond acceptors (Lipinski definition) is 5. The van der Waals surface area contributed by atoms with Crippen LogP contribution in [0.2, 0.25) is 0 Å². The number of rotatable bonds is 5. The predicted octanol–water partition coefficient (Wildman–Crippen LogP) is 2.48. The first-order chi connectivity index (χ1) is 9.54. The Morgan fingerprint density at radius 2 is 2.20 bits per heavy atom. The van der Waals surface area contributed by atoms with E-state index < -0.39 is 5.97 Å². The first-order valence-corrected chi connectivity index (χ1v) is 7.23. The molecule has 1 aliphatic carbocycles. The van der Waals surface area contributed by atoms with Crippen molar-refractivity contribution in [3.63, 3.8) is 0 Å². The van der Waals surface area contributed by atoms with E-state index in [9.17, 15) is 9.90 Å². The van der Waals surface area contributed by atoms with Crippen LogP contribution in [-0.4, -0.2) is 22.8 Å². The van der Waals surface area contributed by atoms with Crippen LogP contribution in [0.1, 0.15) is 24.4 Å². The van der Waals surface area contributed by atoms with Crippen molar-refractivity contribution in [2.24, 2.45) is 11.7 Å². The molecule has 1 heterocycles. The van der Waals surface area contributed by atoms with Gasteiger partial charge >= 0.3 is 5.97 Å². The number of phenols is 1. The molecule has 1 atom stereocenters. The quantitative estimate of drug-likeness (QED) is 0.787. The lowest BCUT2D eigenvalue weighted by Crippen LogP contribution is -2.12. The maximum atomic E-state index is 10.5.